The zero-order valence-corrected chi connectivity index (χ0v) is 19.8. The van der Waals surface area contributed by atoms with Crippen molar-refractivity contribution < 1.29 is 19.4 Å². The molecule has 5 heteroatoms. The molecule has 1 amide bonds. The smallest absolute Gasteiger partial charge is 0.407 e. The zero-order chi connectivity index (χ0) is 24.9. The van der Waals surface area contributed by atoms with Gasteiger partial charge in [-0.05, 0) is 45.4 Å². The minimum Gasteiger partial charge on any atom is -0.481 e. The molecule has 0 aromatic heterocycles. The third kappa shape index (κ3) is 5.01. The molecule has 1 atom stereocenters. The fraction of sp³-hybridized carbons (Fsp3) is 0.161. The molecule has 0 fully saturated rings. The van der Waals surface area contributed by atoms with E-state index in [1.54, 1.807) is 0 Å². The van der Waals surface area contributed by atoms with Crippen LogP contribution in [0.15, 0.2) is 103 Å². The van der Waals surface area contributed by atoms with Gasteiger partial charge in [0.1, 0.15) is 6.61 Å². The maximum absolute atomic E-state index is 12.5. The highest BCUT2D eigenvalue weighted by Crippen LogP contribution is 2.44. The SMILES string of the molecule is O=C(NC[C@H](Cc1ccc(-c2ccccc2)cc1)C(=O)O)OCC1c2ccccc2-c2ccccc21. The van der Waals surface area contributed by atoms with E-state index in [2.05, 4.69) is 29.6 Å². The van der Waals surface area contributed by atoms with Crippen LogP contribution in [0.5, 0.6) is 0 Å². The van der Waals surface area contributed by atoms with Crippen LogP contribution in [0.25, 0.3) is 22.3 Å². The monoisotopic (exact) mass is 477 g/mol. The highest BCUT2D eigenvalue weighted by Gasteiger charge is 2.29. The van der Waals surface area contributed by atoms with Gasteiger partial charge in [-0.25, -0.2) is 4.79 Å². The van der Waals surface area contributed by atoms with E-state index in [1.165, 1.54) is 0 Å². The number of fused-ring (bicyclic) bond motifs is 3. The van der Waals surface area contributed by atoms with Crippen molar-refractivity contribution in [1.29, 1.82) is 0 Å². The minimum absolute atomic E-state index is 0.00750. The third-order valence-electron chi connectivity index (χ3n) is 6.73. The number of nitrogens with one attached hydrogen (secondary N) is 1. The average molecular weight is 478 g/mol. The maximum atomic E-state index is 12.5. The lowest BCUT2D eigenvalue weighted by Crippen LogP contribution is -2.35. The average Bonchev–Trinajstić information content (AvgIpc) is 3.24. The highest BCUT2D eigenvalue weighted by molar-refractivity contribution is 5.79. The van der Waals surface area contributed by atoms with Crippen LogP contribution in [0.2, 0.25) is 0 Å². The van der Waals surface area contributed by atoms with Crippen molar-refractivity contribution in [2.24, 2.45) is 5.92 Å². The first-order valence-electron chi connectivity index (χ1n) is 12.1. The maximum Gasteiger partial charge on any atom is 0.407 e. The molecule has 4 aromatic rings. The molecule has 0 saturated carbocycles. The van der Waals surface area contributed by atoms with Crippen LogP contribution in [0, 0.1) is 5.92 Å². The lowest BCUT2D eigenvalue weighted by molar-refractivity contribution is -0.141. The number of carbonyl (C=O) groups is 2. The zero-order valence-electron chi connectivity index (χ0n) is 19.8. The predicted octanol–water partition coefficient (Wildman–Crippen LogP) is 6.14. The predicted molar refractivity (Wildman–Crippen MR) is 140 cm³/mol. The molecular weight excluding hydrogens is 450 g/mol. The van der Waals surface area contributed by atoms with Crippen LogP contribution in [-0.4, -0.2) is 30.3 Å². The standard InChI is InChI=1S/C31H27NO4/c33-30(34)24(18-21-14-16-23(17-15-21)22-8-2-1-3-9-22)19-32-31(35)36-20-29-27-12-6-4-10-25(27)26-11-5-7-13-28(26)29/h1-17,24,29H,18-20H2,(H,32,35)(H,33,34)/t24-/m0/s1. The number of carboxylic acids is 1. The summed E-state index contributed by atoms with van der Waals surface area (Å²) in [5.74, 6) is -1.75. The Bertz CT molecular complexity index is 1320. The Hall–Kier alpha value is -4.38. The number of hydrogen-bond acceptors (Lipinski definition) is 3. The second-order valence-electron chi connectivity index (χ2n) is 9.01. The van der Waals surface area contributed by atoms with Crippen molar-refractivity contribution in [2.45, 2.75) is 12.3 Å². The van der Waals surface area contributed by atoms with Crippen LogP contribution in [0.1, 0.15) is 22.6 Å². The summed E-state index contributed by atoms with van der Waals surface area (Å²) < 4.78 is 5.54. The van der Waals surface area contributed by atoms with Gasteiger partial charge in [0.15, 0.2) is 0 Å². The van der Waals surface area contributed by atoms with Crippen LogP contribution < -0.4 is 5.32 Å². The summed E-state index contributed by atoms with van der Waals surface area (Å²) in [6.07, 6.45) is -0.295. The second-order valence-corrected chi connectivity index (χ2v) is 9.01. The fourth-order valence-electron chi connectivity index (χ4n) is 4.85. The number of carboxylic acid groups (broad SMARTS) is 1. The first-order chi connectivity index (χ1) is 17.6. The van der Waals surface area contributed by atoms with Gasteiger partial charge < -0.3 is 15.2 Å². The summed E-state index contributed by atoms with van der Waals surface area (Å²) in [7, 11) is 0. The third-order valence-corrected chi connectivity index (χ3v) is 6.73. The Balaban J connectivity index is 1.17. The van der Waals surface area contributed by atoms with Crippen LogP contribution in [0.4, 0.5) is 4.79 Å². The molecule has 0 spiro atoms. The lowest BCUT2D eigenvalue weighted by Gasteiger charge is -2.16. The molecule has 5 rings (SSSR count). The van der Waals surface area contributed by atoms with E-state index in [0.29, 0.717) is 6.42 Å². The Morgan fingerprint density at radius 1 is 0.750 bits per heavy atom. The molecule has 0 radical (unpaired) electrons. The number of alkyl carbamates (subject to hydrolysis) is 1. The quantitative estimate of drug-likeness (QED) is 0.320. The summed E-state index contributed by atoms with van der Waals surface area (Å²) in [6, 6.07) is 34.1. The Morgan fingerprint density at radius 3 is 1.92 bits per heavy atom. The molecule has 0 bridgehead atoms. The van der Waals surface area contributed by atoms with Crippen molar-refractivity contribution in [1.82, 2.24) is 5.32 Å². The first kappa shape index (κ1) is 23.4. The van der Waals surface area contributed by atoms with E-state index in [-0.39, 0.29) is 19.1 Å². The number of hydrogen-bond donors (Lipinski definition) is 2. The first-order valence-corrected chi connectivity index (χ1v) is 12.1. The van der Waals surface area contributed by atoms with E-state index in [1.807, 2.05) is 78.9 Å². The van der Waals surface area contributed by atoms with E-state index in [0.717, 1.165) is 38.9 Å². The molecule has 4 aromatic carbocycles. The fourth-order valence-corrected chi connectivity index (χ4v) is 4.85. The number of benzene rings is 4. The second kappa shape index (κ2) is 10.5. The van der Waals surface area contributed by atoms with E-state index in [9.17, 15) is 14.7 Å². The molecule has 180 valence electrons. The summed E-state index contributed by atoms with van der Waals surface area (Å²) in [5.41, 5.74) is 7.66. The number of carbonyl (C=O) groups excluding carboxylic acids is 1. The normalized spacial score (nSPS) is 12.9. The number of ether oxygens (including phenoxy) is 1. The van der Waals surface area contributed by atoms with E-state index in [4.69, 9.17) is 4.74 Å². The van der Waals surface area contributed by atoms with E-state index < -0.39 is 18.0 Å². The van der Waals surface area contributed by atoms with Crippen molar-refractivity contribution in [3.8, 4) is 22.3 Å². The molecular formula is C31H27NO4. The van der Waals surface area contributed by atoms with Gasteiger partial charge in [0.2, 0.25) is 0 Å². The molecule has 0 aliphatic heterocycles. The minimum atomic E-state index is -0.957. The van der Waals surface area contributed by atoms with Gasteiger partial charge in [-0.3, -0.25) is 4.79 Å². The summed E-state index contributed by atoms with van der Waals surface area (Å²) in [5, 5.41) is 12.4. The largest absolute Gasteiger partial charge is 0.481 e. The van der Waals surface area contributed by atoms with Gasteiger partial charge in [0.25, 0.3) is 0 Å². The summed E-state index contributed by atoms with van der Waals surface area (Å²) >= 11 is 0. The number of aliphatic carboxylic acids is 1. The molecule has 2 N–H and O–H groups in total. The molecule has 0 unspecified atom stereocenters. The van der Waals surface area contributed by atoms with Crippen molar-refractivity contribution in [3.05, 3.63) is 120 Å². The van der Waals surface area contributed by atoms with E-state index >= 15 is 0 Å². The summed E-state index contributed by atoms with van der Waals surface area (Å²) in [6.45, 7) is 0.186. The van der Waals surface area contributed by atoms with Gasteiger partial charge in [-0.15, -0.1) is 0 Å². The summed E-state index contributed by atoms with van der Waals surface area (Å²) in [4.78, 5) is 24.3. The Kier molecular flexibility index (Phi) is 6.80. The van der Waals surface area contributed by atoms with Crippen molar-refractivity contribution >= 4 is 12.1 Å². The van der Waals surface area contributed by atoms with Crippen LogP contribution in [-0.2, 0) is 16.0 Å². The van der Waals surface area contributed by atoms with Crippen LogP contribution in [0.3, 0.4) is 0 Å². The van der Waals surface area contributed by atoms with Gasteiger partial charge in [0, 0.05) is 12.5 Å². The Morgan fingerprint density at radius 2 is 1.31 bits per heavy atom. The molecule has 1 aliphatic carbocycles. The molecule has 0 heterocycles. The van der Waals surface area contributed by atoms with Gasteiger partial charge in [0.05, 0.1) is 5.92 Å². The molecule has 36 heavy (non-hydrogen) atoms. The van der Waals surface area contributed by atoms with Crippen molar-refractivity contribution in [2.75, 3.05) is 13.2 Å². The lowest BCUT2D eigenvalue weighted by atomic mass is 9.97. The van der Waals surface area contributed by atoms with Gasteiger partial charge in [-0.1, -0.05) is 103 Å². The molecule has 5 nitrogen and oxygen atoms in total. The Labute approximate surface area is 210 Å². The van der Waals surface area contributed by atoms with Gasteiger partial charge in [-0.2, -0.15) is 0 Å². The molecule has 0 saturated heterocycles. The highest BCUT2D eigenvalue weighted by atomic mass is 16.5. The van der Waals surface area contributed by atoms with Crippen molar-refractivity contribution in [3.63, 3.8) is 0 Å². The van der Waals surface area contributed by atoms with Crippen LogP contribution >= 0.6 is 0 Å². The number of rotatable bonds is 8. The topological polar surface area (TPSA) is 75.6 Å². The van der Waals surface area contributed by atoms with Gasteiger partial charge >= 0.3 is 12.1 Å². The molecule has 1 aliphatic rings. The number of amides is 1.